The molecule has 1 aliphatic rings. The maximum atomic E-state index is 5.71. The molecule has 20 heavy (non-hydrogen) atoms. The van der Waals surface area contributed by atoms with Crippen LogP contribution in [0.1, 0.15) is 11.4 Å². The van der Waals surface area contributed by atoms with E-state index in [1.165, 1.54) is 11.1 Å². The molecule has 0 aliphatic carbocycles. The van der Waals surface area contributed by atoms with E-state index in [9.17, 15) is 0 Å². The summed E-state index contributed by atoms with van der Waals surface area (Å²) in [4.78, 5) is 9.05. The average Bonchev–Trinajstić information content (AvgIpc) is 2.49. The highest BCUT2D eigenvalue weighted by molar-refractivity contribution is 5.62. The highest BCUT2D eigenvalue weighted by Crippen LogP contribution is 2.20. The molecule has 4 heteroatoms. The molecule has 104 valence electrons. The second-order valence-corrected chi connectivity index (χ2v) is 5.07. The summed E-state index contributed by atoms with van der Waals surface area (Å²) in [7, 11) is 0. The molecular formula is C16H19N3O. The largest absolute Gasteiger partial charge is 0.375 e. The molecule has 1 fully saturated rings. The SMILES string of the molecule is Cc1ccccc1-c1ccnc(CC2CNCCO2)n1. The Kier molecular flexibility index (Phi) is 4.04. The van der Waals surface area contributed by atoms with E-state index in [4.69, 9.17) is 4.74 Å². The van der Waals surface area contributed by atoms with Gasteiger partial charge in [0.15, 0.2) is 0 Å². The van der Waals surface area contributed by atoms with E-state index in [0.717, 1.165) is 37.6 Å². The highest BCUT2D eigenvalue weighted by Gasteiger charge is 2.15. The topological polar surface area (TPSA) is 47.0 Å². The Morgan fingerprint density at radius 1 is 1.30 bits per heavy atom. The fourth-order valence-electron chi connectivity index (χ4n) is 2.46. The lowest BCUT2D eigenvalue weighted by Gasteiger charge is -2.23. The van der Waals surface area contributed by atoms with Gasteiger partial charge >= 0.3 is 0 Å². The molecule has 0 bridgehead atoms. The second kappa shape index (κ2) is 6.11. The van der Waals surface area contributed by atoms with E-state index in [-0.39, 0.29) is 6.10 Å². The number of rotatable bonds is 3. The minimum Gasteiger partial charge on any atom is -0.375 e. The molecule has 3 rings (SSSR count). The molecule has 0 spiro atoms. The number of benzene rings is 1. The normalized spacial score (nSPS) is 18.9. The van der Waals surface area contributed by atoms with Gasteiger partial charge in [-0.15, -0.1) is 0 Å². The molecule has 1 aliphatic heterocycles. The van der Waals surface area contributed by atoms with Crippen molar-refractivity contribution in [3.63, 3.8) is 0 Å². The van der Waals surface area contributed by atoms with Gasteiger partial charge in [0.25, 0.3) is 0 Å². The van der Waals surface area contributed by atoms with Crippen LogP contribution in [0, 0.1) is 6.92 Å². The lowest BCUT2D eigenvalue weighted by atomic mass is 10.1. The molecule has 1 saturated heterocycles. The Balaban J connectivity index is 1.80. The number of nitrogens with one attached hydrogen (secondary N) is 1. The monoisotopic (exact) mass is 269 g/mol. The quantitative estimate of drug-likeness (QED) is 0.925. The lowest BCUT2D eigenvalue weighted by Crippen LogP contribution is -2.39. The summed E-state index contributed by atoms with van der Waals surface area (Å²) in [5, 5.41) is 3.33. The van der Waals surface area contributed by atoms with Crippen molar-refractivity contribution in [2.24, 2.45) is 0 Å². The molecule has 2 aromatic rings. The summed E-state index contributed by atoms with van der Waals surface area (Å²) in [6.45, 7) is 4.67. The van der Waals surface area contributed by atoms with Gasteiger partial charge in [-0.05, 0) is 18.6 Å². The van der Waals surface area contributed by atoms with Crippen molar-refractivity contribution >= 4 is 0 Å². The summed E-state index contributed by atoms with van der Waals surface area (Å²) in [5.41, 5.74) is 3.38. The van der Waals surface area contributed by atoms with Crippen LogP contribution >= 0.6 is 0 Å². The van der Waals surface area contributed by atoms with Crippen LogP contribution in [0.25, 0.3) is 11.3 Å². The minimum absolute atomic E-state index is 0.177. The van der Waals surface area contributed by atoms with Crippen LogP contribution in [-0.2, 0) is 11.2 Å². The predicted octanol–water partition coefficient (Wildman–Crippen LogP) is 1.98. The van der Waals surface area contributed by atoms with Gasteiger partial charge in [0.1, 0.15) is 5.82 Å². The van der Waals surface area contributed by atoms with Crippen LogP contribution in [0.4, 0.5) is 0 Å². The molecule has 0 amide bonds. The number of ether oxygens (including phenoxy) is 1. The van der Waals surface area contributed by atoms with Gasteiger partial charge in [-0.2, -0.15) is 0 Å². The molecule has 1 aromatic carbocycles. The Labute approximate surface area is 119 Å². The molecular weight excluding hydrogens is 250 g/mol. The van der Waals surface area contributed by atoms with Crippen molar-refractivity contribution in [2.45, 2.75) is 19.4 Å². The number of hydrogen-bond acceptors (Lipinski definition) is 4. The van der Waals surface area contributed by atoms with E-state index in [0.29, 0.717) is 0 Å². The molecule has 4 nitrogen and oxygen atoms in total. The minimum atomic E-state index is 0.177. The van der Waals surface area contributed by atoms with E-state index in [2.05, 4.69) is 34.3 Å². The zero-order valence-corrected chi connectivity index (χ0v) is 11.7. The van der Waals surface area contributed by atoms with Gasteiger partial charge in [-0.1, -0.05) is 24.3 Å². The summed E-state index contributed by atoms with van der Waals surface area (Å²) in [6, 6.07) is 10.2. The first-order valence-electron chi connectivity index (χ1n) is 7.03. The molecule has 0 radical (unpaired) electrons. The van der Waals surface area contributed by atoms with E-state index >= 15 is 0 Å². The Bertz CT molecular complexity index is 579. The number of hydrogen-bond donors (Lipinski definition) is 1. The van der Waals surface area contributed by atoms with Crippen LogP contribution < -0.4 is 5.32 Å². The average molecular weight is 269 g/mol. The third kappa shape index (κ3) is 3.03. The third-order valence-corrected chi connectivity index (χ3v) is 3.54. The second-order valence-electron chi connectivity index (χ2n) is 5.07. The zero-order valence-electron chi connectivity index (χ0n) is 11.7. The van der Waals surface area contributed by atoms with Crippen molar-refractivity contribution in [1.82, 2.24) is 15.3 Å². The fourth-order valence-corrected chi connectivity index (χ4v) is 2.46. The number of aromatic nitrogens is 2. The summed E-state index contributed by atoms with van der Waals surface area (Å²) >= 11 is 0. The van der Waals surface area contributed by atoms with Crippen LogP contribution in [0.2, 0.25) is 0 Å². The summed E-state index contributed by atoms with van der Waals surface area (Å²) in [5.74, 6) is 0.847. The van der Waals surface area contributed by atoms with Crippen LogP contribution in [0.15, 0.2) is 36.5 Å². The smallest absolute Gasteiger partial charge is 0.131 e. The molecule has 1 unspecified atom stereocenters. The van der Waals surface area contributed by atoms with Crippen molar-refractivity contribution in [1.29, 1.82) is 0 Å². The highest BCUT2D eigenvalue weighted by atomic mass is 16.5. The maximum absolute atomic E-state index is 5.71. The Morgan fingerprint density at radius 3 is 3.00 bits per heavy atom. The first kappa shape index (κ1) is 13.2. The van der Waals surface area contributed by atoms with E-state index in [1.807, 2.05) is 24.4 Å². The van der Waals surface area contributed by atoms with Crippen LogP contribution in [0.5, 0.6) is 0 Å². The van der Waals surface area contributed by atoms with Gasteiger partial charge in [0.2, 0.25) is 0 Å². The maximum Gasteiger partial charge on any atom is 0.131 e. The first-order chi connectivity index (χ1) is 9.83. The number of nitrogens with zero attached hydrogens (tertiary/aromatic N) is 2. The van der Waals surface area contributed by atoms with Crippen LogP contribution in [0.3, 0.4) is 0 Å². The van der Waals surface area contributed by atoms with Crippen molar-refractivity contribution < 1.29 is 4.74 Å². The molecule has 2 heterocycles. The molecule has 0 saturated carbocycles. The summed E-state index contributed by atoms with van der Waals surface area (Å²) < 4.78 is 5.71. The third-order valence-electron chi connectivity index (χ3n) is 3.54. The number of morpholine rings is 1. The zero-order chi connectivity index (χ0) is 13.8. The lowest BCUT2D eigenvalue weighted by molar-refractivity contribution is 0.0280. The number of aryl methyl sites for hydroxylation is 1. The van der Waals surface area contributed by atoms with Gasteiger partial charge in [-0.3, -0.25) is 0 Å². The van der Waals surface area contributed by atoms with Crippen molar-refractivity contribution in [2.75, 3.05) is 19.7 Å². The first-order valence-corrected chi connectivity index (χ1v) is 7.03. The molecule has 1 N–H and O–H groups in total. The van der Waals surface area contributed by atoms with Crippen LogP contribution in [-0.4, -0.2) is 35.8 Å². The Morgan fingerprint density at radius 2 is 2.20 bits per heavy atom. The van der Waals surface area contributed by atoms with Crippen molar-refractivity contribution in [3.8, 4) is 11.3 Å². The molecule has 1 aromatic heterocycles. The Hall–Kier alpha value is -1.78. The standard InChI is InChI=1S/C16H19N3O/c1-12-4-2-3-5-14(12)15-6-7-18-16(19-15)10-13-11-17-8-9-20-13/h2-7,13,17H,8-11H2,1H3. The summed E-state index contributed by atoms with van der Waals surface area (Å²) in [6.07, 6.45) is 2.77. The predicted molar refractivity (Wildman–Crippen MR) is 78.5 cm³/mol. The van der Waals surface area contributed by atoms with Gasteiger partial charge < -0.3 is 10.1 Å². The van der Waals surface area contributed by atoms with E-state index < -0.39 is 0 Å². The van der Waals surface area contributed by atoms with Gasteiger partial charge in [0.05, 0.1) is 18.4 Å². The van der Waals surface area contributed by atoms with Gasteiger partial charge in [-0.25, -0.2) is 9.97 Å². The van der Waals surface area contributed by atoms with Crippen molar-refractivity contribution in [3.05, 3.63) is 47.9 Å². The van der Waals surface area contributed by atoms with Gasteiger partial charge in [0, 0.05) is 31.3 Å². The van der Waals surface area contributed by atoms with E-state index in [1.54, 1.807) is 0 Å². The fraction of sp³-hybridized carbons (Fsp3) is 0.375. The molecule has 1 atom stereocenters.